The van der Waals surface area contributed by atoms with Gasteiger partial charge in [-0.2, -0.15) is 0 Å². The van der Waals surface area contributed by atoms with Crippen LogP contribution in [-0.2, 0) is 4.74 Å². The fourth-order valence-corrected chi connectivity index (χ4v) is 3.25. The molecule has 1 saturated heterocycles. The second-order valence-corrected chi connectivity index (χ2v) is 7.07. The Kier molecular flexibility index (Phi) is 16.9. The molecular formula is C19H42IN5O. The number of likely N-dealkylation sites (tertiary alicyclic amines) is 1. The van der Waals surface area contributed by atoms with Gasteiger partial charge in [0.05, 0.1) is 0 Å². The van der Waals surface area contributed by atoms with Crippen LogP contribution in [-0.4, -0.2) is 88.4 Å². The summed E-state index contributed by atoms with van der Waals surface area (Å²) < 4.78 is 5.10. The summed E-state index contributed by atoms with van der Waals surface area (Å²) >= 11 is 0. The molecule has 0 aromatic carbocycles. The van der Waals surface area contributed by atoms with Crippen LogP contribution >= 0.6 is 24.0 Å². The van der Waals surface area contributed by atoms with Gasteiger partial charge >= 0.3 is 0 Å². The monoisotopic (exact) mass is 483 g/mol. The first kappa shape index (κ1) is 25.9. The Morgan fingerprint density at radius 2 is 2.04 bits per heavy atom. The average molecular weight is 483 g/mol. The second kappa shape index (κ2) is 17.0. The van der Waals surface area contributed by atoms with Crippen molar-refractivity contribution in [2.45, 2.75) is 52.0 Å². The number of likely N-dealkylation sites (N-methyl/N-ethyl adjacent to an activating group) is 1. The van der Waals surface area contributed by atoms with Crippen LogP contribution < -0.4 is 10.6 Å². The molecule has 6 nitrogen and oxygen atoms in total. The average Bonchev–Trinajstić information content (AvgIpc) is 2.60. The van der Waals surface area contributed by atoms with E-state index in [4.69, 9.17) is 9.73 Å². The van der Waals surface area contributed by atoms with Gasteiger partial charge in [-0.1, -0.05) is 6.42 Å². The molecule has 0 spiro atoms. The molecule has 1 fully saturated rings. The molecular weight excluding hydrogens is 441 g/mol. The molecule has 156 valence electrons. The summed E-state index contributed by atoms with van der Waals surface area (Å²) in [6, 6.07) is 0.748. The fraction of sp³-hybridized carbons (Fsp3) is 0.947. The number of hydrogen-bond donors (Lipinski definition) is 2. The van der Waals surface area contributed by atoms with E-state index in [-0.39, 0.29) is 24.0 Å². The van der Waals surface area contributed by atoms with E-state index in [1.807, 2.05) is 0 Å². The highest BCUT2D eigenvalue weighted by atomic mass is 127. The maximum atomic E-state index is 5.10. The lowest BCUT2D eigenvalue weighted by Gasteiger charge is -2.33. The maximum absolute atomic E-state index is 5.10. The number of aliphatic imine (C=N–C) groups is 1. The summed E-state index contributed by atoms with van der Waals surface area (Å²) in [7, 11) is 3.91. The summed E-state index contributed by atoms with van der Waals surface area (Å²) in [5, 5.41) is 6.78. The van der Waals surface area contributed by atoms with Gasteiger partial charge in [0.1, 0.15) is 0 Å². The molecule has 0 aromatic rings. The highest BCUT2D eigenvalue weighted by molar-refractivity contribution is 14.0. The van der Waals surface area contributed by atoms with E-state index < -0.39 is 0 Å². The molecule has 0 aliphatic carbocycles. The van der Waals surface area contributed by atoms with Gasteiger partial charge in [0, 0.05) is 59.0 Å². The van der Waals surface area contributed by atoms with Crippen molar-refractivity contribution in [3.05, 3.63) is 0 Å². The first-order chi connectivity index (χ1) is 12.2. The van der Waals surface area contributed by atoms with Gasteiger partial charge in [-0.05, 0) is 53.1 Å². The fourth-order valence-electron chi connectivity index (χ4n) is 3.25. The molecule has 0 aromatic heterocycles. The Morgan fingerprint density at radius 3 is 2.73 bits per heavy atom. The van der Waals surface area contributed by atoms with E-state index in [2.05, 4.69) is 41.3 Å². The third-order valence-corrected chi connectivity index (χ3v) is 4.83. The third kappa shape index (κ3) is 12.3. The van der Waals surface area contributed by atoms with Gasteiger partial charge in [-0.25, -0.2) is 0 Å². The molecule has 1 aliphatic rings. The maximum Gasteiger partial charge on any atom is 0.191 e. The first-order valence-corrected chi connectivity index (χ1v) is 10.1. The topological polar surface area (TPSA) is 52.1 Å². The number of guanidine groups is 1. The predicted molar refractivity (Wildman–Crippen MR) is 123 cm³/mol. The Bertz CT molecular complexity index is 357. The summed E-state index contributed by atoms with van der Waals surface area (Å²) in [5.41, 5.74) is 0. The van der Waals surface area contributed by atoms with E-state index in [0.717, 1.165) is 64.2 Å². The highest BCUT2D eigenvalue weighted by Crippen LogP contribution is 2.16. The smallest absolute Gasteiger partial charge is 0.191 e. The van der Waals surface area contributed by atoms with Crippen molar-refractivity contribution in [1.82, 2.24) is 20.4 Å². The van der Waals surface area contributed by atoms with Crippen molar-refractivity contribution >= 4 is 29.9 Å². The quantitative estimate of drug-likeness (QED) is 0.193. The van der Waals surface area contributed by atoms with E-state index in [1.165, 1.54) is 32.4 Å². The summed E-state index contributed by atoms with van der Waals surface area (Å²) in [4.78, 5) is 9.67. The Balaban J connectivity index is 0.00000625. The number of methoxy groups -OCH3 is 1. The lowest BCUT2D eigenvalue weighted by Crippen LogP contribution is -2.41. The number of nitrogens with zero attached hydrogens (tertiary/aromatic N) is 3. The van der Waals surface area contributed by atoms with Crippen molar-refractivity contribution in [1.29, 1.82) is 0 Å². The summed E-state index contributed by atoms with van der Waals surface area (Å²) in [5.74, 6) is 0.944. The minimum Gasteiger partial charge on any atom is -0.385 e. The molecule has 0 saturated carbocycles. The van der Waals surface area contributed by atoms with Crippen LogP contribution in [0.15, 0.2) is 4.99 Å². The minimum absolute atomic E-state index is 0. The van der Waals surface area contributed by atoms with Crippen LogP contribution in [0.3, 0.4) is 0 Å². The molecule has 1 heterocycles. The van der Waals surface area contributed by atoms with Crippen LogP contribution in [0.4, 0.5) is 0 Å². The van der Waals surface area contributed by atoms with Crippen molar-refractivity contribution in [2.24, 2.45) is 4.99 Å². The van der Waals surface area contributed by atoms with E-state index in [9.17, 15) is 0 Å². The number of hydrogen-bond acceptors (Lipinski definition) is 4. The summed E-state index contributed by atoms with van der Waals surface area (Å²) in [6.07, 6.45) is 6.32. The van der Waals surface area contributed by atoms with E-state index in [0.29, 0.717) is 0 Å². The molecule has 0 radical (unpaired) electrons. The third-order valence-electron chi connectivity index (χ3n) is 4.83. The molecule has 2 N–H and O–H groups in total. The number of piperidine rings is 1. The molecule has 1 aliphatic heterocycles. The lowest BCUT2D eigenvalue weighted by molar-refractivity contribution is 0.160. The van der Waals surface area contributed by atoms with Crippen LogP contribution in [0.2, 0.25) is 0 Å². The standard InChI is InChI=1S/C19H41N5O.HI/c1-5-20-19(22-12-16-23(3)13-9-17-25-4)21-11-8-15-24-14-7-6-10-18(24)2;/h18H,5-17H2,1-4H3,(H2,20,21,22);1H. The lowest BCUT2D eigenvalue weighted by atomic mass is 10.0. The largest absolute Gasteiger partial charge is 0.385 e. The van der Waals surface area contributed by atoms with Gasteiger partial charge in [-0.3, -0.25) is 4.99 Å². The van der Waals surface area contributed by atoms with Gasteiger partial charge in [0.15, 0.2) is 5.96 Å². The van der Waals surface area contributed by atoms with Crippen LogP contribution in [0.1, 0.15) is 46.0 Å². The Morgan fingerprint density at radius 1 is 1.23 bits per heavy atom. The molecule has 7 heteroatoms. The van der Waals surface area contributed by atoms with Crippen molar-refractivity contribution in [3.8, 4) is 0 Å². The molecule has 1 atom stereocenters. The van der Waals surface area contributed by atoms with Crippen molar-refractivity contribution in [2.75, 3.05) is 66.6 Å². The van der Waals surface area contributed by atoms with Crippen LogP contribution in [0.5, 0.6) is 0 Å². The van der Waals surface area contributed by atoms with Crippen LogP contribution in [0.25, 0.3) is 0 Å². The predicted octanol–water partition coefficient (Wildman–Crippen LogP) is 2.39. The van der Waals surface area contributed by atoms with Crippen LogP contribution in [0, 0.1) is 0 Å². The summed E-state index contributed by atoms with van der Waals surface area (Å²) in [6.45, 7) is 12.5. The zero-order chi connectivity index (χ0) is 18.3. The first-order valence-electron chi connectivity index (χ1n) is 10.1. The van der Waals surface area contributed by atoms with E-state index >= 15 is 0 Å². The molecule has 26 heavy (non-hydrogen) atoms. The van der Waals surface area contributed by atoms with Crippen molar-refractivity contribution in [3.63, 3.8) is 0 Å². The minimum atomic E-state index is 0. The van der Waals surface area contributed by atoms with E-state index in [1.54, 1.807) is 7.11 Å². The Hall–Kier alpha value is -0.120. The van der Waals surface area contributed by atoms with Gasteiger partial charge in [0.25, 0.3) is 0 Å². The second-order valence-electron chi connectivity index (χ2n) is 7.07. The molecule has 0 amide bonds. The van der Waals surface area contributed by atoms with Gasteiger partial charge in [-0.15, -0.1) is 24.0 Å². The number of rotatable bonds is 12. The normalized spacial score (nSPS) is 18.7. The number of halogens is 1. The van der Waals surface area contributed by atoms with Crippen molar-refractivity contribution < 1.29 is 4.74 Å². The highest BCUT2D eigenvalue weighted by Gasteiger charge is 2.16. The SMILES string of the molecule is CCNC(=NCCCN1CCCCC1C)NCCN(C)CCCOC.I. The molecule has 0 bridgehead atoms. The van der Waals surface area contributed by atoms with Gasteiger partial charge in [0.2, 0.25) is 0 Å². The number of nitrogens with one attached hydrogen (secondary N) is 2. The zero-order valence-electron chi connectivity index (χ0n) is 17.4. The Labute approximate surface area is 178 Å². The molecule has 1 rings (SSSR count). The number of ether oxygens (including phenoxy) is 1. The molecule has 1 unspecified atom stereocenters. The van der Waals surface area contributed by atoms with Gasteiger partial charge < -0.3 is 25.2 Å². The zero-order valence-corrected chi connectivity index (χ0v) is 19.8.